The molecule has 5 nitrogen and oxygen atoms in total. The predicted octanol–water partition coefficient (Wildman–Crippen LogP) is 2.19. The van der Waals surface area contributed by atoms with Gasteiger partial charge in [0.2, 0.25) is 0 Å². The lowest BCUT2D eigenvalue weighted by atomic mass is 10.3. The Morgan fingerprint density at radius 2 is 1.94 bits per heavy atom. The average molecular weight is 242 g/mol. The smallest absolute Gasteiger partial charge is 0.327 e. The highest BCUT2D eigenvalue weighted by atomic mass is 35.5. The van der Waals surface area contributed by atoms with Crippen LogP contribution in [0.25, 0.3) is 0 Å². The molecule has 1 aromatic carbocycles. The Hall–Kier alpha value is -1.75. The van der Waals surface area contributed by atoms with Gasteiger partial charge in [0.1, 0.15) is 0 Å². The van der Waals surface area contributed by atoms with Crippen molar-refractivity contribution in [2.45, 2.75) is 6.92 Å². The number of carbonyl (C=O) groups excluding carboxylic acids is 2. The molecule has 0 fully saturated rings. The molecule has 0 heterocycles. The molecule has 0 aliphatic heterocycles. The maximum Gasteiger partial charge on any atom is 0.327 e. The minimum Gasteiger partial charge on any atom is -0.338 e. The van der Waals surface area contributed by atoms with Gasteiger partial charge in [0.15, 0.2) is 0 Å². The van der Waals surface area contributed by atoms with Crippen LogP contribution in [0.2, 0.25) is 5.02 Å². The second-order valence-corrected chi connectivity index (χ2v) is 3.33. The highest BCUT2D eigenvalue weighted by Gasteiger charge is 2.07. The number of carbonyl (C=O) groups is 2. The first-order valence-electron chi connectivity index (χ1n) is 4.74. The molecule has 0 saturated carbocycles. The van der Waals surface area contributed by atoms with E-state index >= 15 is 0 Å². The Bertz CT molecular complexity index is 395. The van der Waals surface area contributed by atoms with Crippen molar-refractivity contribution in [2.24, 2.45) is 0 Å². The first-order chi connectivity index (χ1) is 7.63. The molecule has 16 heavy (non-hydrogen) atoms. The third-order valence-electron chi connectivity index (χ3n) is 1.69. The molecular formula is C10H12ClN3O2. The molecule has 0 saturated heterocycles. The summed E-state index contributed by atoms with van der Waals surface area (Å²) in [6.07, 6.45) is 0. The van der Waals surface area contributed by atoms with Crippen molar-refractivity contribution in [3.8, 4) is 0 Å². The first kappa shape index (κ1) is 12.3. The predicted molar refractivity (Wildman–Crippen MR) is 62.7 cm³/mol. The summed E-state index contributed by atoms with van der Waals surface area (Å²) in [7, 11) is 0. The van der Waals surface area contributed by atoms with Gasteiger partial charge in [-0.3, -0.25) is 5.32 Å². The monoisotopic (exact) mass is 241 g/mol. The number of para-hydroxylation sites is 1. The standard InChI is InChI=1S/C10H12ClN3O2/c1-2-12-9(15)14-10(16)13-8-6-4-3-5-7(8)11/h3-6H,2H2,1H3,(H3,12,13,14,15,16). The maximum atomic E-state index is 11.3. The summed E-state index contributed by atoms with van der Waals surface area (Å²) in [5.41, 5.74) is 0.450. The summed E-state index contributed by atoms with van der Waals surface area (Å²) in [4.78, 5) is 22.3. The molecule has 0 atom stereocenters. The summed E-state index contributed by atoms with van der Waals surface area (Å²) < 4.78 is 0. The van der Waals surface area contributed by atoms with E-state index in [4.69, 9.17) is 11.6 Å². The highest BCUT2D eigenvalue weighted by Crippen LogP contribution is 2.19. The van der Waals surface area contributed by atoms with Crippen molar-refractivity contribution in [3.63, 3.8) is 0 Å². The molecule has 0 spiro atoms. The van der Waals surface area contributed by atoms with Gasteiger partial charge >= 0.3 is 12.1 Å². The van der Waals surface area contributed by atoms with Gasteiger partial charge in [-0.2, -0.15) is 0 Å². The Kier molecular flexibility index (Phi) is 4.60. The molecule has 1 aromatic rings. The maximum absolute atomic E-state index is 11.3. The Labute approximate surface area is 98.2 Å². The highest BCUT2D eigenvalue weighted by molar-refractivity contribution is 6.33. The largest absolute Gasteiger partial charge is 0.338 e. The van der Waals surface area contributed by atoms with E-state index in [1.54, 1.807) is 31.2 Å². The fraction of sp³-hybridized carbons (Fsp3) is 0.200. The quantitative estimate of drug-likeness (QED) is 0.743. The normalized spacial score (nSPS) is 9.38. The molecule has 3 N–H and O–H groups in total. The SMILES string of the molecule is CCNC(=O)NC(=O)Nc1ccccc1Cl. The summed E-state index contributed by atoms with van der Waals surface area (Å²) in [5, 5.41) is 7.40. The number of amides is 4. The van der Waals surface area contributed by atoms with E-state index < -0.39 is 12.1 Å². The molecule has 86 valence electrons. The van der Waals surface area contributed by atoms with Gasteiger partial charge in [-0.25, -0.2) is 9.59 Å². The van der Waals surface area contributed by atoms with Crippen LogP contribution in [0.1, 0.15) is 6.92 Å². The van der Waals surface area contributed by atoms with Crippen LogP contribution >= 0.6 is 11.6 Å². The van der Waals surface area contributed by atoms with E-state index in [0.717, 1.165) is 0 Å². The number of imide groups is 1. The van der Waals surface area contributed by atoms with Crippen LogP contribution in [-0.2, 0) is 0 Å². The van der Waals surface area contributed by atoms with E-state index in [1.165, 1.54) is 0 Å². The lowest BCUT2D eigenvalue weighted by molar-refractivity contribution is 0.233. The van der Waals surface area contributed by atoms with E-state index in [1.807, 2.05) is 0 Å². The molecule has 0 bridgehead atoms. The molecule has 6 heteroatoms. The molecule has 0 unspecified atom stereocenters. The average Bonchev–Trinajstić information content (AvgIpc) is 2.21. The molecule has 0 aromatic heterocycles. The zero-order valence-electron chi connectivity index (χ0n) is 8.71. The number of anilines is 1. The molecule has 1 rings (SSSR count). The zero-order valence-corrected chi connectivity index (χ0v) is 9.47. The fourth-order valence-electron chi connectivity index (χ4n) is 1.02. The van der Waals surface area contributed by atoms with Gasteiger partial charge in [0.05, 0.1) is 10.7 Å². The van der Waals surface area contributed by atoms with Crippen molar-refractivity contribution < 1.29 is 9.59 Å². The number of halogens is 1. The minimum absolute atomic E-state index is 0.411. The topological polar surface area (TPSA) is 70.2 Å². The first-order valence-corrected chi connectivity index (χ1v) is 5.11. The van der Waals surface area contributed by atoms with Crippen LogP contribution in [0.15, 0.2) is 24.3 Å². The second-order valence-electron chi connectivity index (χ2n) is 2.92. The fourth-order valence-corrected chi connectivity index (χ4v) is 1.21. The summed E-state index contributed by atoms with van der Waals surface area (Å²) in [6.45, 7) is 2.21. The third kappa shape index (κ3) is 3.78. The van der Waals surface area contributed by atoms with Crippen molar-refractivity contribution in [3.05, 3.63) is 29.3 Å². The Morgan fingerprint density at radius 3 is 2.56 bits per heavy atom. The second kappa shape index (κ2) is 5.97. The van der Waals surface area contributed by atoms with Crippen LogP contribution in [0, 0.1) is 0 Å². The molecular weight excluding hydrogens is 230 g/mol. The lowest BCUT2D eigenvalue weighted by Crippen LogP contribution is -2.41. The Balaban J connectivity index is 2.52. The van der Waals surface area contributed by atoms with Gasteiger partial charge in [-0.05, 0) is 19.1 Å². The van der Waals surface area contributed by atoms with Gasteiger partial charge in [-0.15, -0.1) is 0 Å². The molecule has 0 aliphatic carbocycles. The zero-order chi connectivity index (χ0) is 12.0. The van der Waals surface area contributed by atoms with Crippen LogP contribution in [0.5, 0.6) is 0 Å². The summed E-state index contributed by atoms with van der Waals surface area (Å²) >= 11 is 5.82. The van der Waals surface area contributed by atoms with Crippen molar-refractivity contribution in [1.29, 1.82) is 0 Å². The third-order valence-corrected chi connectivity index (χ3v) is 2.02. The van der Waals surface area contributed by atoms with Gasteiger partial charge in [-0.1, -0.05) is 23.7 Å². The van der Waals surface area contributed by atoms with Crippen LogP contribution in [0.4, 0.5) is 15.3 Å². The van der Waals surface area contributed by atoms with Crippen molar-refractivity contribution in [1.82, 2.24) is 10.6 Å². The Morgan fingerprint density at radius 1 is 1.25 bits per heavy atom. The summed E-state index contributed by atoms with van der Waals surface area (Å²) in [6, 6.07) is 5.58. The van der Waals surface area contributed by atoms with Crippen molar-refractivity contribution in [2.75, 3.05) is 11.9 Å². The van der Waals surface area contributed by atoms with E-state index in [0.29, 0.717) is 17.3 Å². The van der Waals surface area contributed by atoms with Crippen LogP contribution in [-0.4, -0.2) is 18.6 Å². The number of hydrogen-bond donors (Lipinski definition) is 3. The minimum atomic E-state index is -0.626. The molecule has 0 aliphatic rings. The van der Waals surface area contributed by atoms with Crippen molar-refractivity contribution >= 4 is 29.4 Å². The number of benzene rings is 1. The van der Waals surface area contributed by atoms with Crippen LogP contribution < -0.4 is 16.0 Å². The number of urea groups is 2. The number of nitrogens with one attached hydrogen (secondary N) is 3. The van der Waals surface area contributed by atoms with Gasteiger partial charge in [0.25, 0.3) is 0 Å². The number of rotatable bonds is 2. The number of hydrogen-bond acceptors (Lipinski definition) is 2. The van der Waals surface area contributed by atoms with E-state index in [-0.39, 0.29) is 0 Å². The van der Waals surface area contributed by atoms with E-state index in [2.05, 4.69) is 16.0 Å². The molecule has 0 radical (unpaired) electrons. The van der Waals surface area contributed by atoms with Crippen LogP contribution in [0.3, 0.4) is 0 Å². The van der Waals surface area contributed by atoms with E-state index in [9.17, 15) is 9.59 Å². The lowest BCUT2D eigenvalue weighted by Gasteiger charge is -2.07. The summed E-state index contributed by atoms with van der Waals surface area (Å²) in [5.74, 6) is 0. The van der Waals surface area contributed by atoms with Gasteiger partial charge in [0, 0.05) is 6.54 Å². The molecule has 4 amide bonds. The van der Waals surface area contributed by atoms with Gasteiger partial charge < -0.3 is 10.6 Å².